The normalized spacial score (nSPS) is 11.0. The van der Waals surface area contributed by atoms with Crippen LogP contribution in [0.2, 0.25) is 0 Å². The number of aromatic nitrogens is 1. The van der Waals surface area contributed by atoms with Gasteiger partial charge in [-0.25, -0.2) is 4.79 Å². The Morgan fingerprint density at radius 2 is 1.86 bits per heavy atom. The number of hydrogen-bond acceptors (Lipinski definition) is 3. The van der Waals surface area contributed by atoms with Gasteiger partial charge in [-0.1, -0.05) is 30.3 Å². The van der Waals surface area contributed by atoms with Crippen LogP contribution >= 0.6 is 0 Å². The summed E-state index contributed by atoms with van der Waals surface area (Å²) in [6.45, 7) is 3.93. The first-order valence-electron chi connectivity index (χ1n) is 7.17. The Bertz CT molecular complexity index is 604. The average Bonchev–Trinajstić information content (AvgIpc) is 2.51. The van der Waals surface area contributed by atoms with Crippen LogP contribution in [0.25, 0.3) is 11.1 Å². The molecule has 0 aliphatic rings. The predicted octanol–water partition coefficient (Wildman–Crippen LogP) is 2.32. The fraction of sp³-hybridized carbons (Fsp3) is 0.294. The first-order chi connectivity index (χ1) is 10.4. The van der Waals surface area contributed by atoms with Gasteiger partial charge in [0.15, 0.2) is 0 Å². The molecule has 0 saturated heterocycles. The molecule has 0 aliphatic heterocycles. The lowest BCUT2D eigenvalue weighted by Crippen LogP contribution is -2.43. The third-order valence-corrected chi connectivity index (χ3v) is 3.08. The van der Waals surface area contributed by atoms with Crippen LogP contribution in [0.1, 0.15) is 19.4 Å². The number of nitrogens with zero attached hydrogens (tertiary/aromatic N) is 1. The lowest BCUT2D eigenvalue weighted by molar-refractivity contribution is 0.0819. The maximum Gasteiger partial charge on any atom is 0.315 e. The largest absolute Gasteiger partial charge is 0.389 e. The van der Waals surface area contributed by atoms with Gasteiger partial charge in [0, 0.05) is 25.5 Å². The van der Waals surface area contributed by atoms with E-state index in [-0.39, 0.29) is 12.6 Å². The molecule has 0 spiro atoms. The molecule has 1 aromatic heterocycles. The number of urea groups is 1. The highest BCUT2D eigenvalue weighted by Crippen LogP contribution is 2.18. The number of amides is 2. The van der Waals surface area contributed by atoms with Crippen LogP contribution in [-0.2, 0) is 6.54 Å². The van der Waals surface area contributed by atoms with Crippen molar-refractivity contribution < 1.29 is 9.90 Å². The van der Waals surface area contributed by atoms with E-state index in [1.54, 1.807) is 20.0 Å². The molecule has 0 atom stereocenters. The van der Waals surface area contributed by atoms with E-state index in [9.17, 15) is 9.90 Å². The monoisotopic (exact) mass is 299 g/mol. The Morgan fingerprint density at radius 3 is 2.45 bits per heavy atom. The molecule has 22 heavy (non-hydrogen) atoms. The Morgan fingerprint density at radius 1 is 1.14 bits per heavy atom. The summed E-state index contributed by atoms with van der Waals surface area (Å²) in [5, 5.41) is 14.9. The van der Waals surface area contributed by atoms with Gasteiger partial charge in [-0.15, -0.1) is 0 Å². The molecule has 116 valence electrons. The van der Waals surface area contributed by atoms with Crippen molar-refractivity contribution in [3.63, 3.8) is 0 Å². The summed E-state index contributed by atoms with van der Waals surface area (Å²) < 4.78 is 0. The highest BCUT2D eigenvalue weighted by Gasteiger charge is 2.13. The zero-order chi connectivity index (χ0) is 16.0. The Kier molecular flexibility index (Phi) is 5.12. The summed E-state index contributed by atoms with van der Waals surface area (Å²) in [4.78, 5) is 15.7. The van der Waals surface area contributed by atoms with Crippen molar-refractivity contribution >= 4 is 6.03 Å². The van der Waals surface area contributed by atoms with Crippen molar-refractivity contribution in [3.8, 4) is 11.1 Å². The number of pyridine rings is 1. The zero-order valence-electron chi connectivity index (χ0n) is 12.8. The molecule has 3 N–H and O–H groups in total. The molecule has 0 aliphatic carbocycles. The van der Waals surface area contributed by atoms with Crippen LogP contribution in [0, 0.1) is 0 Å². The number of hydrogen-bond donors (Lipinski definition) is 3. The second-order valence-electron chi connectivity index (χ2n) is 5.79. The average molecular weight is 299 g/mol. The van der Waals surface area contributed by atoms with Gasteiger partial charge in [-0.2, -0.15) is 0 Å². The van der Waals surface area contributed by atoms with E-state index < -0.39 is 5.60 Å². The first-order valence-corrected chi connectivity index (χ1v) is 7.17. The Hall–Kier alpha value is -2.40. The molecule has 2 rings (SSSR count). The molecule has 0 saturated carbocycles. The lowest BCUT2D eigenvalue weighted by atomic mass is 10.1. The summed E-state index contributed by atoms with van der Waals surface area (Å²) in [7, 11) is 0. The summed E-state index contributed by atoms with van der Waals surface area (Å²) in [5.74, 6) is 0. The van der Waals surface area contributed by atoms with E-state index in [0.29, 0.717) is 6.54 Å². The highest BCUT2D eigenvalue weighted by molar-refractivity contribution is 5.74. The minimum Gasteiger partial charge on any atom is -0.389 e. The molecule has 5 nitrogen and oxygen atoms in total. The van der Waals surface area contributed by atoms with E-state index in [1.165, 1.54) is 0 Å². The van der Waals surface area contributed by atoms with Gasteiger partial charge in [-0.3, -0.25) is 4.98 Å². The summed E-state index contributed by atoms with van der Waals surface area (Å²) >= 11 is 0. The van der Waals surface area contributed by atoms with E-state index in [1.807, 2.05) is 42.6 Å². The predicted molar refractivity (Wildman–Crippen MR) is 86.2 cm³/mol. The van der Waals surface area contributed by atoms with Gasteiger partial charge in [0.2, 0.25) is 0 Å². The quantitative estimate of drug-likeness (QED) is 0.793. The summed E-state index contributed by atoms with van der Waals surface area (Å²) in [5.41, 5.74) is 2.24. The van der Waals surface area contributed by atoms with Crippen LogP contribution in [0.4, 0.5) is 4.79 Å². The minimum absolute atomic E-state index is 0.207. The van der Waals surface area contributed by atoms with E-state index in [0.717, 1.165) is 16.7 Å². The number of nitrogens with one attached hydrogen (secondary N) is 2. The molecule has 1 aromatic carbocycles. The third kappa shape index (κ3) is 5.18. The van der Waals surface area contributed by atoms with E-state index in [4.69, 9.17) is 0 Å². The minimum atomic E-state index is -0.914. The van der Waals surface area contributed by atoms with Gasteiger partial charge in [0.05, 0.1) is 5.60 Å². The van der Waals surface area contributed by atoms with Crippen molar-refractivity contribution in [2.75, 3.05) is 6.54 Å². The number of carbonyl (C=O) groups is 1. The van der Waals surface area contributed by atoms with Gasteiger partial charge >= 0.3 is 6.03 Å². The summed E-state index contributed by atoms with van der Waals surface area (Å²) in [6, 6.07) is 11.6. The number of aliphatic hydroxyl groups is 1. The zero-order valence-corrected chi connectivity index (χ0v) is 12.8. The van der Waals surface area contributed by atoms with Gasteiger partial charge in [0.1, 0.15) is 0 Å². The molecule has 5 heteroatoms. The SMILES string of the molecule is CC(C)(O)CNC(=O)NCc1ccc(-c2cccnc2)cc1. The topological polar surface area (TPSA) is 74.2 Å². The molecular formula is C17H21N3O2. The van der Waals surface area contributed by atoms with Crippen LogP contribution in [0.5, 0.6) is 0 Å². The van der Waals surface area contributed by atoms with Crippen LogP contribution in [0.15, 0.2) is 48.8 Å². The second-order valence-corrected chi connectivity index (χ2v) is 5.79. The van der Waals surface area contributed by atoms with Crippen molar-refractivity contribution in [2.45, 2.75) is 26.0 Å². The molecule has 0 unspecified atom stereocenters. The van der Waals surface area contributed by atoms with Crippen molar-refractivity contribution in [3.05, 3.63) is 54.4 Å². The van der Waals surface area contributed by atoms with Gasteiger partial charge in [0.25, 0.3) is 0 Å². The number of rotatable bonds is 5. The number of benzene rings is 1. The fourth-order valence-electron chi connectivity index (χ4n) is 1.89. The molecule has 1 heterocycles. The maximum absolute atomic E-state index is 11.6. The standard InChI is InChI=1S/C17H21N3O2/c1-17(2,22)12-20-16(21)19-10-13-5-7-14(8-6-13)15-4-3-9-18-11-15/h3-9,11,22H,10,12H2,1-2H3,(H2,19,20,21). The van der Waals surface area contributed by atoms with Crippen molar-refractivity contribution in [1.82, 2.24) is 15.6 Å². The van der Waals surface area contributed by atoms with Gasteiger partial charge in [-0.05, 0) is 36.6 Å². The summed E-state index contributed by atoms with van der Waals surface area (Å²) in [6.07, 6.45) is 3.56. The van der Waals surface area contributed by atoms with Crippen molar-refractivity contribution in [1.29, 1.82) is 0 Å². The smallest absolute Gasteiger partial charge is 0.315 e. The molecule has 0 fully saturated rings. The molecule has 2 amide bonds. The number of carbonyl (C=O) groups excluding carboxylic acids is 1. The molecular weight excluding hydrogens is 278 g/mol. The van der Waals surface area contributed by atoms with Crippen LogP contribution < -0.4 is 10.6 Å². The van der Waals surface area contributed by atoms with Crippen molar-refractivity contribution in [2.24, 2.45) is 0 Å². The first kappa shape index (κ1) is 16.0. The van der Waals surface area contributed by atoms with Crippen LogP contribution in [-0.4, -0.2) is 28.3 Å². The lowest BCUT2D eigenvalue weighted by Gasteiger charge is -2.17. The van der Waals surface area contributed by atoms with E-state index in [2.05, 4.69) is 15.6 Å². The molecule has 0 radical (unpaired) electrons. The van der Waals surface area contributed by atoms with Crippen LogP contribution in [0.3, 0.4) is 0 Å². The second kappa shape index (κ2) is 7.04. The Labute approximate surface area is 130 Å². The van der Waals surface area contributed by atoms with Gasteiger partial charge < -0.3 is 15.7 Å². The highest BCUT2D eigenvalue weighted by atomic mass is 16.3. The fourth-order valence-corrected chi connectivity index (χ4v) is 1.89. The third-order valence-electron chi connectivity index (χ3n) is 3.08. The molecule has 2 aromatic rings. The Balaban J connectivity index is 1.86. The van der Waals surface area contributed by atoms with E-state index >= 15 is 0 Å². The maximum atomic E-state index is 11.6. The molecule has 0 bridgehead atoms.